The first-order valence-electron chi connectivity index (χ1n) is 4.63. The molecule has 0 aliphatic heterocycles. The molecule has 0 aliphatic rings. The number of nitrogens with zero attached hydrogens (tertiary/aromatic N) is 1. The van der Waals surface area contributed by atoms with E-state index in [0.717, 1.165) is 5.76 Å². The van der Waals surface area contributed by atoms with E-state index in [0.29, 0.717) is 23.7 Å². The van der Waals surface area contributed by atoms with Crippen LogP contribution in [0.2, 0.25) is 0 Å². The van der Waals surface area contributed by atoms with Gasteiger partial charge in [-0.25, -0.2) is 4.98 Å². The van der Waals surface area contributed by atoms with Crippen LogP contribution in [0.25, 0.3) is 11.5 Å². The lowest BCUT2D eigenvalue weighted by Crippen LogP contribution is -1.93. The summed E-state index contributed by atoms with van der Waals surface area (Å²) in [6, 6.07) is 7.33. The van der Waals surface area contributed by atoms with Crippen LogP contribution in [0.15, 0.2) is 34.9 Å². The number of hydrogen-bond donors (Lipinski definition) is 1. The molecule has 0 aliphatic carbocycles. The zero-order valence-corrected chi connectivity index (χ0v) is 8.43. The van der Waals surface area contributed by atoms with Crippen LogP contribution in [0, 0.1) is 0 Å². The van der Waals surface area contributed by atoms with Crippen LogP contribution in [0.3, 0.4) is 0 Å². The SMILES string of the molecule is COc1cccnc1-c1ccc(CN)o1. The Labute approximate surface area is 87.7 Å². The Balaban J connectivity index is 2.44. The van der Waals surface area contributed by atoms with Crippen molar-refractivity contribution in [3.05, 3.63) is 36.2 Å². The molecule has 4 nitrogen and oxygen atoms in total. The summed E-state index contributed by atoms with van der Waals surface area (Å²) >= 11 is 0. The second-order valence-electron chi connectivity index (χ2n) is 3.02. The van der Waals surface area contributed by atoms with Gasteiger partial charge < -0.3 is 14.9 Å². The molecular weight excluding hydrogens is 192 g/mol. The number of methoxy groups -OCH3 is 1. The van der Waals surface area contributed by atoms with Crippen molar-refractivity contribution in [2.45, 2.75) is 6.54 Å². The summed E-state index contributed by atoms with van der Waals surface area (Å²) in [6.07, 6.45) is 1.70. The average Bonchev–Trinajstić information content (AvgIpc) is 2.77. The van der Waals surface area contributed by atoms with Crippen LogP contribution in [-0.2, 0) is 6.54 Å². The summed E-state index contributed by atoms with van der Waals surface area (Å²) in [6.45, 7) is 0.384. The van der Waals surface area contributed by atoms with Gasteiger partial charge in [-0.2, -0.15) is 0 Å². The first-order chi connectivity index (χ1) is 7.35. The number of aromatic nitrogens is 1. The normalized spacial score (nSPS) is 10.3. The van der Waals surface area contributed by atoms with E-state index in [-0.39, 0.29) is 0 Å². The minimum Gasteiger partial charge on any atom is -0.494 e. The first-order valence-corrected chi connectivity index (χ1v) is 4.63. The highest BCUT2D eigenvalue weighted by Crippen LogP contribution is 2.28. The molecule has 15 heavy (non-hydrogen) atoms. The second kappa shape index (κ2) is 4.14. The number of hydrogen-bond acceptors (Lipinski definition) is 4. The average molecular weight is 204 g/mol. The first kappa shape index (κ1) is 9.73. The van der Waals surface area contributed by atoms with Gasteiger partial charge in [0.1, 0.15) is 17.2 Å². The maximum atomic E-state index is 5.49. The van der Waals surface area contributed by atoms with Crippen LogP contribution < -0.4 is 10.5 Å². The summed E-state index contributed by atoms with van der Waals surface area (Å²) in [5.74, 6) is 2.10. The van der Waals surface area contributed by atoms with E-state index < -0.39 is 0 Å². The Hall–Kier alpha value is -1.81. The van der Waals surface area contributed by atoms with E-state index in [1.54, 1.807) is 13.3 Å². The molecule has 0 fully saturated rings. The number of nitrogens with two attached hydrogens (primary N) is 1. The van der Waals surface area contributed by atoms with Crippen molar-refractivity contribution < 1.29 is 9.15 Å². The van der Waals surface area contributed by atoms with Crippen molar-refractivity contribution >= 4 is 0 Å². The summed E-state index contributed by atoms with van der Waals surface area (Å²) in [7, 11) is 1.60. The molecule has 0 saturated carbocycles. The summed E-state index contributed by atoms with van der Waals surface area (Å²) in [4.78, 5) is 4.21. The van der Waals surface area contributed by atoms with E-state index in [1.165, 1.54) is 0 Å². The molecule has 0 amide bonds. The molecule has 78 valence electrons. The minimum atomic E-state index is 0.384. The third-order valence-electron chi connectivity index (χ3n) is 2.09. The lowest BCUT2D eigenvalue weighted by Gasteiger charge is -2.03. The second-order valence-corrected chi connectivity index (χ2v) is 3.02. The topological polar surface area (TPSA) is 61.3 Å². The number of furan rings is 1. The zero-order valence-electron chi connectivity index (χ0n) is 8.43. The molecule has 2 aromatic rings. The highest BCUT2D eigenvalue weighted by Gasteiger charge is 2.10. The largest absolute Gasteiger partial charge is 0.494 e. The third kappa shape index (κ3) is 1.85. The molecule has 0 aromatic carbocycles. The van der Waals surface area contributed by atoms with Crippen LogP contribution in [-0.4, -0.2) is 12.1 Å². The van der Waals surface area contributed by atoms with Crippen molar-refractivity contribution in [1.82, 2.24) is 4.98 Å². The van der Waals surface area contributed by atoms with Gasteiger partial charge >= 0.3 is 0 Å². The Bertz CT molecular complexity index is 451. The van der Waals surface area contributed by atoms with Gasteiger partial charge in [0, 0.05) is 6.20 Å². The molecule has 2 aromatic heterocycles. The van der Waals surface area contributed by atoms with Gasteiger partial charge in [0.25, 0.3) is 0 Å². The fourth-order valence-corrected chi connectivity index (χ4v) is 1.36. The predicted octanol–water partition coefficient (Wildman–Crippen LogP) is 1.81. The van der Waals surface area contributed by atoms with Crippen LogP contribution >= 0.6 is 0 Å². The van der Waals surface area contributed by atoms with Crippen LogP contribution in [0.1, 0.15) is 5.76 Å². The maximum Gasteiger partial charge on any atom is 0.156 e. The Morgan fingerprint density at radius 1 is 1.40 bits per heavy atom. The molecule has 0 radical (unpaired) electrons. The molecule has 2 heterocycles. The number of pyridine rings is 1. The van der Waals surface area contributed by atoms with Crippen molar-refractivity contribution in [2.75, 3.05) is 7.11 Å². The fourth-order valence-electron chi connectivity index (χ4n) is 1.36. The van der Waals surface area contributed by atoms with Gasteiger partial charge in [0.15, 0.2) is 5.76 Å². The fraction of sp³-hybridized carbons (Fsp3) is 0.182. The van der Waals surface area contributed by atoms with E-state index in [2.05, 4.69) is 4.98 Å². The van der Waals surface area contributed by atoms with Gasteiger partial charge in [0.05, 0.1) is 13.7 Å². The van der Waals surface area contributed by atoms with Gasteiger partial charge in [-0.1, -0.05) is 0 Å². The predicted molar refractivity (Wildman–Crippen MR) is 56.4 cm³/mol. The molecular formula is C11H12N2O2. The molecule has 0 unspecified atom stereocenters. The monoisotopic (exact) mass is 204 g/mol. The molecule has 4 heteroatoms. The Kier molecular flexibility index (Phi) is 2.69. The quantitative estimate of drug-likeness (QED) is 0.828. The molecule has 2 N–H and O–H groups in total. The zero-order chi connectivity index (χ0) is 10.7. The number of rotatable bonds is 3. The smallest absolute Gasteiger partial charge is 0.156 e. The number of ether oxygens (including phenoxy) is 1. The van der Waals surface area contributed by atoms with Crippen molar-refractivity contribution in [2.24, 2.45) is 5.73 Å². The lowest BCUT2D eigenvalue weighted by atomic mass is 10.2. The van der Waals surface area contributed by atoms with Crippen molar-refractivity contribution in [3.8, 4) is 17.2 Å². The van der Waals surface area contributed by atoms with Gasteiger partial charge in [-0.05, 0) is 24.3 Å². The van der Waals surface area contributed by atoms with Gasteiger partial charge in [-0.15, -0.1) is 0 Å². The van der Waals surface area contributed by atoms with Gasteiger partial charge in [-0.3, -0.25) is 0 Å². The maximum absolute atomic E-state index is 5.49. The van der Waals surface area contributed by atoms with Crippen molar-refractivity contribution in [3.63, 3.8) is 0 Å². The van der Waals surface area contributed by atoms with Crippen molar-refractivity contribution in [1.29, 1.82) is 0 Å². The molecule has 0 spiro atoms. The Morgan fingerprint density at radius 3 is 2.93 bits per heavy atom. The summed E-state index contributed by atoms with van der Waals surface area (Å²) in [5, 5.41) is 0. The van der Waals surface area contributed by atoms with Gasteiger partial charge in [0.2, 0.25) is 0 Å². The van der Waals surface area contributed by atoms with Crippen LogP contribution in [0.4, 0.5) is 0 Å². The highest BCUT2D eigenvalue weighted by molar-refractivity contribution is 5.60. The Morgan fingerprint density at radius 2 is 2.27 bits per heavy atom. The standard InChI is InChI=1S/C11H12N2O2/c1-14-9-3-2-6-13-11(9)10-5-4-8(7-12)15-10/h2-6H,7,12H2,1H3. The van der Waals surface area contributed by atoms with E-state index in [9.17, 15) is 0 Å². The summed E-state index contributed by atoms with van der Waals surface area (Å²) < 4.78 is 10.7. The minimum absolute atomic E-state index is 0.384. The van der Waals surface area contributed by atoms with E-state index >= 15 is 0 Å². The summed E-state index contributed by atoms with van der Waals surface area (Å²) in [5.41, 5.74) is 6.16. The van der Waals surface area contributed by atoms with Crippen LogP contribution in [0.5, 0.6) is 5.75 Å². The van der Waals surface area contributed by atoms with E-state index in [4.69, 9.17) is 14.9 Å². The molecule has 0 saturated heterocycles. The molecule has 0 atom stereocenters. The lowest BCUT2D eigenvalue weighted by molar-refractivity contribution is 0.412. The third-order valence-corrected chi connectivity index (χ3v) is 2.09. The highest BCUT2D eigenvalue weighted by atomic mass is 16.5. The molecule has 2 rings (SSSR count). The molecule has 0 bridgehead atoms. The van der Waals surface area contributed by atoms with E-state index in [1.807, 2.05) is 24.3 Å².